The van der Waals surface area contributed by atoms with Crippen LogP contribution in [0.4, 0.5) is 5.69 Å². The highest BCUT2D eigenvalue weighted by atomic mass is 35.5. The predicted molar refractivity (Wildman–Crippen MR) is 126 cm³/mol. The molecular formula is C23H20ClN3O3S. The lowest BCUT2D eigenvalue weighted by Gasteiger charge is -2.14. The van der Waals surface area contributed by atoms with Crippen LogP contribution >= 0.6 is 22.9 Å². The number of anilines is 1. The SMILES string of the molecule is Cc1ccc(-n2c(=O)c3sccc3n(CC(=O)Nc3ccc(C)cc3Cl)c2=O)c(C)c1. The van der Waals surface area contributed by atoms with Gasteiger partial charge in [-0.3, -0.25) is 14.2 Å². The van der Waals surface area contributed by atoms with Gasteiger partial charge in [-0.25, -0.2) is 9.36 Å². The number of fused-ring (bicyclic) bond motifs is 1. The van der Waals surface area contributed by atoms with Gasteiger partial charge in [-0.1, -0.05) is 35.4 Å². The van der Waals surface area contributed by atoms with Crippen LogP contribution in [0.1, 0.15) is 16.7 Å². The quantitative estimate of drug-likeness (QED) is 0.496. The number of amides is 1. The van der Waals surface area contributed by atoms with Crippen LogP contribution in [0.25, 0.3) is 15.9 Å². The topological polar surface area (TPSA) is 73.1 Å². The molecule has 31 heavy (non-hydrogen) atoms. The zero-order valence-electron chi connectivity index (χ0n) is 17.2. The van der Waals surface area contributed by atoms with Crippen molar-refractivity contribution >= 4 is 44.7 Å². The first-order valence-corrected chi connectivity index (χ1v) is 10.9. The maximum absolute atomic E-state index is 13.4. The van der Waals surface area contributed by atoms with E-state index in [1.54, 1.807) is 29.6 Å². The number of thiophene rings is 1. The van der Waals surface area contributed by atoms with Crippen molar-refractivity contribution in [3.63, 3.8) is 0 Å². The van der Waals surface area contributed by atoms with Crippen LogP contribution in [-0.2, 0) is 11.3 Å². The number of benzene rings is 2. The number of rotatable bonds is 4. The van der Waals surface area contributed by atoms with E-state index in [1.165, 1.54) is 15.9 Å². The maximum Gasteiger partial charge on any atom is 0.336 e. The first-order valence-electron chi connectivity index (χ1n) is 9.63. The van der Waals surface area contributed by atoms with Crippen molar-refractivity contribution in [2.75, 3.05) is 5.32 Å². The molecule has 0 aliphatic heterocycles. The van der Waals surface area contributed by atoms with Crippen molar-refractivity contribution in [3.8, 4) is 5.69 Å². The molecule has 4 aromatic rings. The van der Waals surface area contributed by atoms with E-state index < -0.39 is 11.6 Å². The minimum absolute atomic E-state index is 0.249. The van der Waals surface area contributed by atoms with Crippen LogP contribution in [0.3, 0.4) is 0 Å². The minimum Gasteiger partial charge on any atom is -0.323 e. The molecule has 0 radical (unpaired) electrons. The third kappa shape index (κ3) is 3.94. The Morgan fingerprint density at radius 2 is 1.74 bits per heavy atom. The van der Waals surface area contributed by atoms with Gasteiger partial charge >= 0.3 is 5.69 Å². The van der Waals surface area contributed by atoms with E-state index in [-0.39, 0.29) is 12.1 Å². The molecule has 0 aliphatic carbocycles. The molecule has 2 heterocycles. The molecule has 0 saturated heterocycles. The van der Waals surface area contributed by atoms with E-state index in [1.807, 2.05) is 39.0 Å². The van der Waals surface area contributed by atoms with Crippen LogP contribution in [0.2, 0.25) is 5.02 Å². The second-order valence-corrected chi connectivity index (χ2v) is 8.79. The van der Waals surface area contributed by atoms with E-state index in [4.69, 9.17) is 11.6 Å². The number of nitrogens with zero attached hydrogens (tertiary/aromatic N) is 2. The molecule has 0 bridgehead atoms. The molecule has 6 nitrogen and oxygen atoms in total. The highest BCUT2D eigenvalue weighted by Crippen LogP contribution is 2.23. The Balaban J connectivity index is 1.81. The summed E-state index contributed by atoms with van der Waals surface area (Å²) in [5.74, 6) is -0.411. The van der Waals surface area contributed by atoms with E-state index in [2.05, 4.69) is 5.32 Å². The molecule has 0 unspecified atom stereocenters. The summed E-state index contributed by atoms with van der Waals surface area (Å²) in [6, 6.07) is 12.5. The number of nitrogens with one attached hydrogen (secondary N) is 1. The molecule has 1 amide bonds. The number of hydrogen-bond donors (Lipinski definition) is 1. The van der Waals surface area contributed by atoms with Gasteiger partial charge in [0.25, 0.3) is 5.56 Å². The summed E-state index contributed by atoms with van der Waals surface area (Å²) in [4.78, 5) is 39.2. The van der Waals surface area contributed by atoms with Crippen LogP contribution < -0.4 is 16.6 Å². The highest BCUT2D eigenvalue weighted by molar-refractivity contribution is 7.17. The van der Waals surface area contributed by atoms with Crippen molar-refractivity contribution < 1.29 is 4.79 Å². The number of carbonyl (C=O) groups excluding carboxylic acids is 1. The van der Waals surface area contributed by atoms with Gasteiger partial charge < -0.3 is 5.32 Å². The average Bonchev–Trinajstić information content (AvgIpc) is 3.19. The fraction of sp³-hybridized carbons (Fsp3) is 0.174. The van der Waals surface area contributed by atoms with Crippen molar-refractivity contribution in [1.82, 2.24) is 9.13 Å². The highest BCUT2D eigenvalue weighted by Gasteiger charge is 2.19. The van der Waals surface area contributed by atoms with Gasteiger partial charge in [0.05, 0.1) is 21.9 Å². The number of halogens is 1. The molecular weight excluding hydrogens is 434 g/mol. The first kappa shape index (κ1) is 21.1. The molecule has 2 aromatic carbocycles. The zero-order chi connectivity index (χ0) is 22.3. The normalized spacial score (nSPS) is 11.1. The van der Waals surface area contributed by atoms with Crippen LogP contribution in [0.15, 0.2) is 57.4 Å². The standard InChI is InChI=1S/C23H20ClN3O3S/c1-13-5-7-18(15(3)10-13)27-22(29)21-19(8-9-31-21)26(23(27)30)12-20(28)25-17-6-4-14(2)11-16(17)24/h4-11H,12H2,1-3H3,(H,25,28). The van der Waals surface area contributed by atoms with E-state index in [0.717, 1.165) is 21.3 Å². The number of aryl methyl sites for hydroxylation is 3. The summed E-state index contributed by atoms with van der Waals surface area (Å²) in [6.07, 6.45) is 0. The average molecular weight is 454 g/mol. The fourth-order valence-electron chi connectivity index (χ4n) is 3.56. The Hall–Kier alpha value is -3.16. The van der Waals surface area contributed by atoms with E-state index in [0.29, 0.717) is 26.6 Å². The lowest BCUT2D eigenvalue weighted by atomic mass is 10.1. The molecule has 0 atom stereocenters. The predicted octanol–water partition coefficient (Wildman–Crippen LogP) is 4.43. The summed E-state index contributed by atoms with van der Waals surface area (Å²) in [5.41, 5.74) is 3.26. The lowest BCUT2D eigenvalue weighted by Crippen LogP contribution is -2.40. The molecule has 0 spiro atoms. The molecule has 158 valence electrons. The number of aromatic nitrogens is 2. The molecule has 0 fully saturated rings. The van der Waals surface area contributed by atoms with Gasteiger partial charge in [0, 0.05) is 0 Å². The van der Waals surface area contributed by atoms with E-state index in [9.17, 15) is 14.4 Å². The zero-order valence-corrected chi connectivity index (χ0v) is 18.8. The van der Waals surface area contributed by atoms with Gasteiger partial charge in [-0.05, 0) is 61.5 Å². The molecule has 0 aliphatic rings. The van der Waals surface area contributed by atoms with Crippen LogP contribution in [0.5, 0.6) is 0 Å². The number of carbonyl (C=O) groups is 1. The van der Waals surface area contributed by atoms with Gasteiger partial charge in [0.2, 0.25) is 5.91 Å². The largest absolute Gasteiger partial charge is 0.336 e. The Labute approximate surface area is 187 Å². The molecule has 8 heteroatoms. The Morgan fingerprint density at radius 3 is 2.45 bits per heavy atom. The Morgan fingerprint density at radius 1 is 1.03 bits per heavy atom. The maximum atomic E-state index is 13.4. The van der Waals surface area contributed by atoms with Gasteiger partial charge in [-0.2, -0.15) is 0 Å². The molecule has 1 N–H and O–H groups in total. The molecule has 0 saturated carbocycles. The fourth-order valence-corrected chi connectivity index (χ4v) is 4.67. The minimum atomic E-state index is -0.562. The second kappa shape index (κ2) is 8.17. The van der Waals surface area contributed by atoms with Crippen molar-refractivity contribution in [2.45, 2.75) is 27.3 Å². The van der Waals surface area contributed by atoms with Gasteiger partial charge in [0.15, 0.2) is 0 Å². The van der Waals surface area contributed by atoms with Crippen LogP contribution in [0, 0.1) is 20.8 Å². The van der Waals surface area contributed by atoms with Crippen molar-refractivity contribution in [1.29, 1.82) is 0 Å². The number of hydrogen-bond acceptors (Lipinski definition) is 4. The lowest BCUT2D eigenvalue weighted by molar-refractivity contribution is -0.116. The van der Waals surface area contributed by atoms with Crippen molar-refractivity contribution in [2.24, 2.45) is 0 Å². The van der Waals surface area contributed by atoms with E-state index >= 15 is 0 Å². The van der Waals surface area contributed by atoms with Crippen LogP contribution in [-0.4, -0.2) is 15.0 Å². The smallest absolute Gasteiger partial charge is 0.323 e. The van der Waals surface area contributed by atoms with Gasteiger partial charge in [0.1, 0.15) is 11.2 Å². The first-order chi connectivity index (χ1) is 14.8. The summed E-state index contributed by atoms with van der Waals surface area (Å²) < 4.78 is 2.88. The Bertz CT molecular complexity index is 1450. The monoisotopic (exact) mass is 453 g/mol. The summed E-state index contributed by atoms with van der Waals surface area (Å²) in [6.45, 7) is 5.45. The summed E-state index contributed by atoms with van der Waals surface area (Å²) in [7, 11) is 0. The van der Waals surface area contributed by atoms with Gasteiger partial charge in [-0.15, -0.1) is 11.3 Å². The van der Waals surface area contributed by atoms with Crippen molar-refractivity contribution in [3.05, 3.63) is 90.4 Å². The third-order valence-electron chi connectivity index (χ3n) is 5.05. The third-order valence-corrected chi connectivity index (χ3v) is 6.25. The second-order valence-electron chi connectivity index (χ2n) is 7.47. The summed E-state index contributed by atoms with van der Waals surface area (Å²) >= 11 is 7.46. The molecule has 2 aromatic heterocycles. The summed E-state index contributed by atoms with van der Waals surface area (Å²) in [5, 5.41) is 4.91. The molecule has 4 rings (SSSR count). The Kier molecular flexibility index (Phi) is 5.56.